The fourth-order valence-corrected chi connectivity index (χ4v) is 2.39. The summed E-state index contributed by atoms with van der Waals surface area (Å²) in [6.45, 7) is 2.19. The summed E-state index contributed by atoms with van der Waals surface area (Å²) in [6.07, 6.45) is 1.44. The smallest absolute Gasteiger partial charge is 0.349 e. The van der Waals surface area contributed by atoms with Gasteiger partial charge in [0.1, 0.15) is 23.7 Å². The van der Waals surface area contributed by atoms with E-state index in [4.69, 9.17) is 14.7 Å². The number of nitrogens with zero attached hydrogens (tertiary/aromatic N) is 1. The quantitative estimate of drug-likeness (QED) is 0.556. The number of aromatic amines is 1. The molecular formula is C21H16N2O4. The first-order valence-electron chi connectivity index (χ1n) is 8.19. The summed E-state index contributed by atoms with van der Waals surface area (Å²) in [5.74, 6) is 0.165. The van der Waals surface area contributed by atoms with Crippen molar-refractivity contribution in [2.24, 2.45) is 0 Å². The maximum atomic E-state index is 12.0. The van der Waals surface area contributed by atoms with Gasteiger partial charge in [0, 0.05) is 6.20 Å². The van der Waals surface area contributed by atoms with Crippen molar-refractivity contribution in [3.05, 3.63) is 93.4 Å². The Morgan fingerprint density at radius 3 is 2.56 bits per heavy atom. The fourth-order valence-electron chi connectivity index (χ4n) is 2.39. The second-order valence-electron chi connectivity index (χ2n) is 5.82. The number of aromatic nitrogens is 1. The topological polar surface area (TPSA) is 92.2 Å². The summed E-state index contributed by atoms with van der Waals surface area (Å²) in [5.41, 5.74) is 1.86. The predicted octanol–water partition coefficient (Wildman–Crippen LogP) is 3.35. The van der Waals surface area contributed by atoms with Crippen LogP contribution in [0.1, 0.15) is 27.0 Å². The van der Waals surface area contributed by atoms with Crippen LogP contribution in [-0.2, 0) is 6.61 Å². The number of carbonyl (C=O) groups excluding carboxylic acids is 1. The lowest BCUT2D eigenvalue weighted by atomic mass is 10.1. The largest absolute Gasteiger partial charge is 0.489 e. The molecule has 0 radical (unpaired) electrons. The lowest BCUT2D eigenvalue weighted by Crippen LogP contribution is -2.20. The van der Waals surface area contributed by atoms with Crippen molar-refractivity contribution in [2.75, 3.05) is 0 Å². The molecule has 0 unspecified atom stereocenters. The summed E-state index contributed by atoms with van der Waals surface area (Å²) >= 11 is 0. The summed E-state index contributed by atoms with van der Waals surface area (Å²) in [7, 11) is 0. The van der Waals surface area contributed by atoms with Crippen LogP contribution in [0.3, 0.4) is 0 Å². The Labute approximate surface area is 155 Å². The van der Waals surface area contributed by atoms with Crippen LogP contribution in [0.25, 0.3) is 0 Å². The molecule has 0 aliphatic carbocycles. The molecule has 0 aliphatic heterocycles. The monoisotopic (exact) mass is 360 g/mol. The Balaban J connectivity index is 1.62. The number of ether oxygens (including phenoxy) is 2. The van der Waals surface area contributed by atoms with Crippen molar-refractivity contribution in [3.8, 4) is 17.6 Å². The molecule has 1 N–H and O–H groups in total. The minimum Gasteiger partial charge on any atom is -0.489 e. The predicted molar refractivity (Wildman–Crippen MR) is 98.7 cm³/mol. The summed E-state index contributed by atoms with van der Waals surface area (Å²) < 4.78 is 10.9. The number of hydrogen-bond donors (Lipinski definition) is 1. The zero-order valence-corrected chi connectivity index (χ0v) is 14.6. The van der Waals surface area contributed by atoms with Crippen LogP contribution in [-0.4, -0.2) is 11.0 Å². The van der Waals surface area contributed by atoms with Crippen LogP contribution in [0.2, 0.25) is 0 Å². The van der Waals surface area contributed by atoms with Gasteiger partial charge in [-0.25, -0.2) is 4.79 Å². The molecule has 0 bridgehead atoms. The van der Waals surface area contributed by atoms with Crippen molar-refractivity contribution in [3.63, 3.8) is 0 Å². The fraction of sp³-hybridized carbons (Fsp3) is 0.0952. The zero-order valence-electron chi connectivity index (χ0n) is 14.6. The molecule has 3 aromatic rings. The van der Waals surface area contributed by atoms with Crippen molar-refractivity contribution < 1.29 is 14.3 Å². The van der Waals surface area contributed by atoms with Crippen molar-refractivity contribution in [1.82, 2.24) is 4.98 Å². The van der Waals surface area contributed by atoms with Gasteiger partial charge >= 0.3 is 5.97 Å². The Hall–Kier alpha value is -3.85. The van der Waals surface area contributed by atoms with Crippen molar-refractivity contribution in [2.45, 2.75) is 13.5 Å². The lowest BCUT2D eigenvalue weighted by Gasteiger charge is -2.09. The molecule has 0 saturated heterocycles. The van der Waals surface area contributed by atoms with Gasteiger partial charge in [0.15, 0.2) is 0 Å². The van der Waals surface area contributed by atoms with E-state index in [1.54, 1.807) is 36.4 Å². The molecule has 0 spiro atoms. The van der Waals surface area contributed by atoms with E-state index in [1.807, 2.05) is 19.1 Å². The highest BCUT2D eigenvalue weighted by Crippen LogP contribution is 2.20. The Bertz CT molecular complexity index is 1060. The van der Waals surface area contributed by atoms with Gasteiger partial charge in [-0.3, -0.25) is 4.79 Å². The highest BCUT2D eigenvalue weighted by Gasteiger charge is 2.12. The Kier molecular flexibility index (Phi) is 5.33. The van der Waals surface area contributed by atoms with E-state index in [0.717, 1.165) is 11.1 Å². The summed E-state index contributed by atoms with van der Waals surface area (Å²) in [5, 5.41) is 9.08. The number of H-pyrrole nitrogens is 1. The zero-order chi connectivity index (χ0) is 19.2. The van der Waals surface area contributed by atoms with Gasteiger partial charge in [-0.05, 0) is 60.5 Å². The van der Waals surface area contributed by atoms with Crippen LogP contribution < -0.4 is 15.0 Å². The van der Waals surface area contributed by atoms with Crippen LogP contribution in [0, 0.1) is 18.3 Å². The third-order valence-electron chi connectivity index (χ3n) is 3.90. The molecule has 134 valence electrons. The second-order valence-corrected chi connectivity index (χ2v) is 5.82. The standard InChI is InChI=1S/C21H16N2O4/c1-14-4-5-15(11-16(14)12-22)13-26-17-6-8-18(9-7-17)27-21(25)19-3-2-10-23-20(19)24/h2-11H,13H2,1H3,(H,23,24). The van der Waals surface area contributed by atoms with Gasteiger partial charge in [-0.15, -0.1) is 0 Å². The van der Waals surface area contributed by atoms with E-state index in [0.29, 0.717) is 23.7 Å². The number of aryl methyl sites for hydroxylation is 1. The molecule has 6 heteroatoms. The average molecular weight is 360 g/mol. The molecule has 2 aromatic carbocycles. The van der Waals surface area contributed by atoms with E-state index in [1.165, 1.54) is 12.3 Å². The number of rotatable bonds is 5. The van der Waals surface area contributed by atoms with E-state index in [9.17, 15) is 9.59 Å². The molecule has 27 heavy (non-hydrogen) atoms. The van der Waals surface area contributed by atoms with Gasteiger partial charge in [0.2, 0.25) is 0 Å². The van der Waals surface area contributed by atoms with Crippen LogP contribution in [0.15, 0.2) is 65.6 Å². The summed E-state index contributed by atoms with van der Waals surface area (Å²) in [6, 6.07) is 17.2. The third kappa shape index (κ3) is 4.41. The lowest BCUT2D eigenvalue weighted by molar-refractivity contribution is 0.0732. The summed E-state index contributed by atoms with van der Waals surface area (Å²) in [4.78, 5) is 26.0. The average Bonchev–Trinajstić information content (AvgIpc) is 2.68. The van der Waals surface area contributed by atoms with Gasteiger partial charge < -0.3 is 14.5 Å². The number of nitrogens with one attached hydrogen (secondary N) is 1. The molecule has 3 rings (SSSR count). The SMILES string of the molecule is Cc1ccc(COc2ccc(OC(=O)c3ccc[nH]c3=O)cc2)cc1C#N. The van der Waals surface area contributed by atoms with Crippen LogP contribution >= 0.6 is 0 Å². The third-order valence-corrected chi connectivity index (χ3v) is 3.90. The normalized spacial score (nSPS) is 10.1. The second kappa shape index (κ2) is 8.02. The minimum absolute atomic E-state index is 0.0644. The molecule has 0 aliphatic rings. The van der Waals surface area contributed by atoms with Gasteiger partial charge in [0.05, 0.1) is 11.6 Å². The van der Waals surface area contributed by atoms with Gasteiger partial charge in [-0.2, -0.15) is 5.26 Å². The minimum atomic E-state index is -0.728. The number of hydrogen-bond acceptors (Lipinski definition) is 5. The van der Waals surface area contributed by atoms with E-state index in [2.05, 4.69) is 11.1 Å². The number of pyridine rings is 1. The number of benzene rings is 2. The van der Waals surface area contributed by atoms with E-state index >= 15 is 0 Å². The van der Waals surface area contributed by atoms with E-state index in [-0.39, 0.29) is 5.56 Å². The maximum Gasteiger partial charge on any atom is 0.349 e. The molecule has 6 nitrogen and oxygen atoms in total. The Morgan fingerprint density at radius 2 is 1.85 bits per heavy atom. The molecular weight excluding hydrogens is 344 g/mol. The number of esters is 1. The van der Waals surface area contributed by atoms with Crippen molar-refractivity contribution >= 4 is 5.97 Å². The van der Waals surface area contributed by atoms with Crippen LogP contribution in [0.4, 0.5) is 0 Å². The first-order valence-corrected chi connectivity index (χ1v) is 8.19. The number of carbonyl (C=O) groups is 1. The van der Waals surface area contributed by atoms with Crippen LogP contribution in [0.5, 0.6) is 11.5 Å². The molecule has 1 aromatic heterocycles. The highest BCUT2D eigenvalue weighted by atomic mass is 16.5. The molecule has 0 atom stereocenters. The molecule has 1 heterocycles. The van der Waals surface area contributed by atoms with Gasteiger partial charge in [0.25, 0.3) is 5.56 Å². The Morgan fingerprint density at radius 1 is 1.11 bits per heavy atom. The number of nitriles is 1. The molecule has 0 amide bonds. The first-order chi connectivity index (χ1) is 13.1. The molecule has 0 fully saturated rings. The maximum absolute atomic E-state index is 12.0. The molecule has 0 saturated carbocycles. The van der Waals surface area contributed by atoms with Gasteiger partial charge in [-0.1, -0.05) is 12.1 Å². The van der Waals surface area contributed by atoms with Crippen molar-refractivity contribution in [1.29, 1.82) is 5.26 Å². The highest BCUT2D eigenvalue weighted by molar-refractivity contribution is 5.90. The first kappa shape index (κ1) is 18.0. The van der Waals surface area contributed by atoms with E-state index < -0.39 is 11.5 Å².